The molecule has 0 amide bonds. The minimum Gasteiger partial charge on any atom is -0.227 e. The molecule has 11 aromatic rings. The van der Waals surface area contributed by atoms with Crippen molar-refractivity contribution < 1.29 is 0 Å². The van der Waals surface area contributed by atoms with Gasteiger partial charge in [-0.15, -0.1) is 22.7 Å². The van der Waals surface area contributed by atoms with Crippen LogP contribution in [0.3, 0.4) is 0 Å². The Morgan fingerprint density at radius 2 is 0.625 bits per heavy atom. The average molecular weight is 751 g/mol. The summed E-state index contributed by atoms with van der Waals surface area (Å²) in [7, 11) is 0. The zero-order valence-corrected chi connectivity index (χ0v) is 31.6. The Bertz CT molecular complexity index is 3000. The van der Waals surface area contributed by atoms with Crippen molar-refractivity contribution >= 4 is 63.3 Å². The molecule has 0 saturated carbocycles. The van der Waals surface area contributed by atoms with Crippen molar-refractivity contribution in [3.05, 3.63) is 182 Å². The molecule has 56 heavy (non-hydrogen) atoms. The van der Waals surface area contributed by atoms with Crippen molar-refractivity contribution in [1.82, 2.24) is 19.9 Å². The van der Waals surface area contributed by atoms with E-state index in [4.69, 9.17) is 19.9 Å². The number of rotatable bonds is 6. The van der Waals surface area contributed by atoms with Gasteiger partial charge in [-0.2, -0.15) is 0 Å². The standard InChI is InChI=1S/C50H30N4S2/c1-3-13-31(14-4-1)33-23-27-35(28-24-33)47-51-45(43-39-19-9-11-21-41(39)55-49(43)53-47)37-17-7-8-18-38(37)46-44-40-20-10-12-22-42(40)56-50(44)54-48(52-46)36-29-25-34(26-30-36)32-15-5-2-6-16-32/h1-30H. The monoisotopic (exact) mass is 750 g/mol. The quantitative estimate of drug-likeness (QED) is 0.170. The molecule has 0 saturated heterocycles. The van der Waals surface area contributed by atoms with E-state index in [1.807, 2.05) is 12.1 Å². The third kappa shape index (κ3) is 5.58. The lowest BCUT2D eigenvalue weighted by atomic mass is 9.96. The second-order valence-electron chi connectivity index (χ2n) is 13.8. The van der Waals surface area contributed by atoms with Crippen LogP contribution < -0.4 is 0 Å². The van der Waals surface area contributed by atoms with Gasteiger partial charge in [0.2, 0.25) is 0 Å². The summed E-state index contributed by atoms with van der Waals surface area (Å²) in [5.74, 6) is 1.39. The van der Waals surface area contributed by atoms with E-state index in [-0.39, 0.29) is 0 Å². The summed E-state index contributed by atoms with van der Waals surface area (Å²) < 4.78 is 2.36. The van der Waals surface area contributed by atoms with E-state index >= 15 is 0 Å². The molecule has 0 aliphatic rings. The highest BCUT2D eigenvalue weighted by atomic mass is 32.1. The first-order valence-electron chi connectivity index (χ1n) is 18.6. The van der Waals surface area contributed by atoms with Gasteiger partial charge in [-0.1, -0.05) is 170 Å². The number of thiophene rings is 2. The van der Waals surface area contributed by atoms with E-state index in [1.165, 1.54) is 20.5 Å². The molecule has 0 aliphatic heterocycles. The zero-order chi connectivity index (χ0) is 37.0. The van der Waals surface area contributed by atoms with Crippen LogP contribution in [-0.4, -0.2) is 19.9 Å². The summed E-state index contributed by atoms with van der Waals surface area (Å²) in [5, 5.41) is 4.41. The van der Waals surface area contributed by atoms with Gasteiger partial charge in [-0.25, -0.2) is 19.9 Å². The molecule has 0 spiro atoms. The molecule has 0 bridgehead atoms. The molecular formula is C50H30N4S2. The molecular weight excluding hydrogens is 721 g/mol. The van der Waals surface area contributed by atoms with Crippen molar-refractivity contribution in [2.24, 2.45) is 0 Å². The summed E-state index contributed by atoms with van der Waals surface area (Å²) in [5.41, 5.74) is 10.4. The van der Waals surface area contributed by atoms with Crippen LogP contribution in [0.5, 0.6) is 0 Å². The maximum atomic E-state index is 5.46. The Morgan fingerprint density at radius 1 is 0.286 bits per heavy atom. The fourth-order valence-electron chi connectivity index (χ4n) is 7.68. The highest BCUT2D eigenvalue weighted by Gasteiger charge is 2.23. The fourth-order valence-corrected chi connectivity index (χ4v) is 9.83. The van der Waals surface area contributed by atoms with Gasteiger partial charge in [0.25, 0.3) is 0 Å². The number of fused-ring (bicyclic) bond motifs is 6. The van der Waals surface area contributed by atoms with E-state index < -0.39 is 0 Å². The van der Waals surface area contributed by atoms with Crippen LogP contribution in [0.4, 0.5) is 0 Å². The van der Waals surface area contributed by atoms with Gasteiger partial charge in [-0.3, -0.25) is 0 Å². The molecule has 0 radical (unpaired) electrons. The van der Waals surface area contributed by atoms with Crippen molar-refractivity contribution in [1.29, 1.82) is 0 Å². The summed E-state index contributed by atoms with van der Waals surface area (Å²) in [6.07, 6.45) is 0. The summed E-state index contributed by atoms with van der Waals surface area (Å²) in [6.45, 7) is 0. The molecule has 0 fully saturated rings. The Balaban J connectivity index is 1.13. The molecule has 4 nitrogen and oxygen atoms in total. The van der Waals surface area contributed by atoms with E-state index in [0.717, 1.165) is 76.0 Å². The molecule has 6 heteroatoms. The first-order chi connectivity index (χ1) is 27.7. The van der Waals surface area contributed by atoms with Crippen LogP contribution in [0.15, 0.2) is 182 Å². The molecule has 4 aromatic heterocycles. The predicted molar refractivity (Wildman–Crippen MR) is 236 cm³/mol. The third-order valence-corrected chi connectivity index (χ3v) is 12.5. The Hall–Kier alpha value is -6.86. The SMILES string of the molecule is c1ccc(-c2ccc(-c3nc(-c4ccccc4-c4nc(-c5ccc(-c6ccccc6)cc5)nc5sc6ccccc6c45)c4c(n3)sc3ccccc34)cc2)cc1. The molecule has 262 valence electrons. The fraction of sp³-hybridized carbons (Fsp3) is 0. The highest BCUT2D eigenvalue weighted by Crippen LogP contribution is 2.45. The first kappa shape index (κ1) is 32.6. The van der Waals surface area contributed by atoms with Gasteiger partial charge in [-0.05, 0) is 34.4 Å². The molecule has 11 rings (SSSR count). The van der Waals surface area contributed by atoms with Crippen LogP contribution in [0.1, 0.15) is 0 Å². The number of benzene rings is 7. The normalized spacial score (nSPS) is 11.6. The first-order valence-corrected chi connectivity index (χ1v) is 20.2. The summed E-state index contributed by atoms with van der Waals surface area (Å²) in [6, 6.07) is 63.7. The average Bonchev–Trinajstić information content (AvgIpc) is 3.85. The molecule has 0 atom stereocenters. The Morgan fingerprint density at radius 3 is 1.05 bits per heavy atom. The van der Waals surface area contributed by atoms with Crippen LogP contribution in [0.25, 0.3) is 108 Å². The van der Waals surface area contributed by atoms with Gasteiger partial charge in [0.05, 0.1) is 11.4 Å². The second-order valence-corrected chi connectivity index (χ2v) is 15.8. The summed E-state index contributed by atoms with van der Waals surface area (Å²) >= 11 is 3.42. The van der Waals surface area contributed by atoms with Crippen molar-refractivity contribution in [2.45, 2.75) is 0 Å². The topological polar surface area (TPSA) is 51.6 Å². The molecule has 0 aliphatic carbocycles. The lowest BCUT2D eigenvalue weighted by Crippen LogP contribution is -1.98. The summed E-state index contributed by atoms with van der Waals surface area (Å²) in [4.78, 5) is 23.3. The Labute approximate surface area is 331 Å². The minimum atomic E-state index is 0.696. The van der Waals surface area contributed by atoms with Crippen molar-refractivity contribution in [2.75, 3.05) is 0 Å². The van der Waals surface area contributed by atoms with Crippen molar-refractivity contribution in [3.63, 3.8) is 0 Å². The molecule has 4 heterocycles. The van der Waals surface area contributed by atoms with E-state index in [0.29, 0.717) is 11.6 Å². The van der Waals surface area contributed by atoms with Crippen LogP contribution in [-0.2, 0) is 0 Å². The molecule has 0 N–H and O–H groups in total. The highest BCUT2D eigenvalue weighted by molar-refractivity contribution is 7.26. The molecule has 0 unspecified atom stereocenters. The third-order valence-electron chi connectivity index (χ3n) is 10.4. The minimum absolute atomic E-state index is 0.696. The number of aromatic nitrogens is 4. The van der Waals surface area contributed by atoms with E-state index in [1.54, 1.807) is 22.7 Å². The van der Waals surface area contributed by atoms with Gasteiger partial charge < -0.3 is 0 Å². The number of nitrogens with zero attached hydrogens (tertiary/aromatic N) is 4. The lowest BCUT2D eigenvalue weighted by molar-refractivity contribution is 1.23. The predicted octanol–water partition coefficient (Wildman–Crippen LogP) is 14.0. The molecule has 7 aromatic carbocycles. The van der Waals surface area contributed by atoms with Gasteiger partial charge in [0.1, 0.15) is 9.66 Å². The smallest absolute Gasteiger partial charge is 0.161 e. The van der Waals surface area contributed by atoms with Gasteiger partial charge in [0, 0.05) is 53.2 Å². The zero-order valence-electron chi connectivity index (χ0n) is 29.9. The van der Waals surface area contributed by atoms with Gasteiger partial charge >= 0.3 is 0 Å². The lowest BCUT2D eigenvalue weighted by Gasteiger charge is -2.14. The van der Waals surface area contributed by atoms with E-state index in [2.05, 4.69) is 170 Å². The van der Waals surface area contributed by atoms with Crippen LogP contribution in [0.2, 0.25) is 0 Å². The van der Waals surface area contributed by atoms with E-state index in [9.17, 15) is 0 Å². The van der Waals surface area contributed by atoms with Crippen molar-refractivity contribution in [3.8, 4) is 67.5 Å². The number of hydrogen-bond acceptors (Lipinski definition) is 6. The second kappa shape index (κ2) is 13.5. The number of hydrogen-bond donors (Lipinski definition) is 0. The maximum Gasteiger partial charge on any atom is 0.161 e. The van der Waals surface area contributed by atoms with Gasteiger partial charge in [0.15, 0.2) is 11.6 Å². The maximum absolute atomic E-state index is 5.46. The van der Waals surface area contributed by atoms with Crippen LogP contribution >= 0.6 is 22.7 Å². The Kier molecular flexibility index (Phi) is 7.83. The van der Waals surface area contributed by atoms with Crippen LogP contribution in [0, 0.1) is 0 Å². The largest absolute Gasteiger partial charge is 0.227 e.